The lowest BCUT2D eigenvalue weighted by Crippen LogP contribution is -2.30. The molecule has 0 rings (SSSR count). The highest BCUT2D eigenvalue weighted by molar-refractivity contribution is 7.47. The molecule has 0 aliphatic rings. The van der Waals surface area contributed by atoms with Crippen molar-refractivity contribution < 1.29 is 80.2 Å². The normalized spacial score (nSPS) is 14.1. The molecular formula is C79H150O17P2. The van der Waals surface area contributed by atoms with Crippen LogP contribution in [0.2, 0.25) is 0 Å². The molecule has 0 aliphatic carbocycles. The molecule has 3 N–H and O–H groups in total. The van der Waals surface area contributed by atoms with E-state index >= 15 is 0 Å². The molecule has 0 bridgehead atoms. The highest BCUT2D eigenvalue weighted by Gasteiger charge is 2.30. The predicted octanol–water partition coefficient (Wildman–Crippen LogP) is 23.1. The summed E-state index contributed by atoms with van der Waals surface area (Å²) in [5.41, 5.74) is 0. The molecule has 0 heterocycles. The summed E-state index contributed by atoms with van der Waals surface area (Å²) in [6.07, 6.45) is 61.7. The van der Waals surface area contributed by atoms with Crippen LogP contribution in [0.4, 0.5) is 0 Å². The van der Waals surface area contributed by atoms with Crippen molar-refractivity contribution in [2.24, 2.45) is 11.8 Å². The van der Waals surface area contributed by atoms with Gasteiger partial charge in [0.1, 0.15) is 19.3 Å². The van der Waals surface area contributed by atoms with Crippen molar-refractivity contribution in [2.75, 3.05) is 39.6 Å². The molecule has 0 aromatic rings. The minimum absolute atomic E-state index is 0.100. The summed E-state index contributed by atoms with van der Waals surface area (Å²) in [4.78, 5) is 73.0. The molecule has 0 saturated carbocycles. The number of unbranched alkanes of at least 4 members (excludes halogenated alkanes) is 43. The molecule has 0 amide bonds. The van der Waals surface area contributed by atoms with E-state index in [9.17, 15) is 43.2 Å². The Bertz CT molecular complexity index is 1980. The van der Waals surface area contributed by atoms with E-state index in [2.05, 4.69) is 65.8 Å². The number of esters is 4. The first kappa shape index (κ1) is 95.5. The third kappa shape index (κ3) is 71.9. The fraction of sp³-hybridized carbons (Fsp3) is 0.899. The van der Waals surface area contributed by atoms with Crippen molar-refractivity contribution >= 4 is 39.5 Å². The minimum atomic E-state index is -4.97. The molecule has 0 spiro atoms. The fourth-order valence-corrected chi connectivity index (χ4v) is 13.2. The molecule has 0 fully saturated rings. The van der Waals surface area contributed by atoms with Crippen LogP contribution in [-0.4, -0.2) is 96.7 Å². The summed E-state index contributed by atoms with van der Waals surface area (Å²) in [7, 11) is -9.93. The number of phosphoric ester groups is 2. The van der Waals surface area contributed by atoms with Crippen LogP contribution in [0.1, 0.15) is 388 Å². The lowest BCUT2D eigenvalue weighted by atomic mass is 10.0. The topological polar surface area (TPSA) is 237 Å². The molecule has 17 nitrogen and oxygen atoms in total. The minimum Gasteiger partial charge on any atom is -0.462 e. The maximum absolute atomic E-state index is 13.1. The van der Waals surface area contributed by atoms with Gasteiger partial charge in [-0.3, -0.25) is 37.3 Å². The van der Waals surface area contributed by atoms with Gasteiger partial charge in [0.25, 0.3) is 0 Å². The van der Waals surface area contributed by atoms with Gasteiger partial charge in [-0.2, -0.15) is 0 Å². The van der Waals surface area contributed by atoms with E-state index in [4.69, 9.17) is 37.0 Å². The first-order valence-electron chi connectivity index (χ1n) is 40.3. The molecule has 5 atom stereocenters. The molecule has 19 heteroatoms. The van der Waals surface area contributed by atoms with Crippen LogP contribution >= 0.6 is 15.6 Å². The zero-order chi connectivity index (χ0) is 72.1. The number of aliphatic hydroxyl groups is 1. The van der Waals surface area contributed by atoms with Crippen LogP contribution in [-0.2, 0) is 65.4 Å². The Balaban J connectivity index is 5.31. The Morgan fingerprint density at radius 1 is 0.316 bits per heavy atom. The molecule has 0 aromatic carbocycles. The van der Waals surface area contributed by atoms with E-state index in [0.29, 0.717) is 25.7 Å². The van der Waals surface area contributed by atoms with Crippen molar-refractivity contribution in [2.45, 2.75) is 407 Å². The fourth-order valence-electron chi connectivity index (χ4n) is 11.6. The van der Waals surface area contributed by atoms with Crippen LogP contribution in [0.5, 0.6) is 0 Å². The van der Waals surface area contributed by atoms with Gasteiger partial charge < -0.3 is 33.8 Å². The third-order valence-corrected chi connectivity index (χ3v) is 19.7. The Labute approximate surface area is 599 Å². The zero-order valence-corrected chi connectivity index (χ0v) is 65.4. The van der Waals surface area contributed by atoms with Gasteiger partial charge in [0.15, 0.2) is 12.2 Å². The molecule has 578 valence electrons. The molecular weight excluding hydrogens is 1280 g/mol. The first-order chi connectivity index (χ1) is 47.4. The van der Waals surface area contributed by atoms with Crippen LogP contribution in [0.25, 0.3) is 0 Å². The number of carbonyl (C=O) groups excluding carboxylic acids is 4. The second-order valence-electron chi connectivity index (χ2n) is 28.7. The molecule has 0 saturated heterocycles. The van der Waals surface area contributed by atoms with Crippen molar-refractivity contribution in [3.05, 3.63) is 24.3 Å². The largest absolute Gasteiger partial charge is 0.472 e. The lowest BCUT2D eigenvalue weighted by molar-refractivity contribution is -0.161. The van der Waals surface area contributed by atoms with E-state index in [1.54, 1.807) is 0 Å². The smallest absolute Gasteiger partial charge is 0.462 e. The third-order valence-electron chi connectivity index (χ3n) is 17.8. The van der Waals surface area contributed by atoms with E-state index < -0.39 is 97.5 Å². The van der Waals surface area contributed by atoms with E-state index in [1.165, 1.54) is 186 Å². The van der Waals surface area contributed by atoms with Crippen LogP contribution < -0.4 is 0 Å². The van der Waals surface area contributed by atoms with Crippen molar-refractivity contribution in [1.82, 2.24) is 0 Å². The molecule has 0 radical (unpaired) electrons. The quantitative estimate of drug-likeness (QED) is 0.0169. The van der Waals surface area contributed by atoms with Gasteiger partial charge in [-0.1, -0.05) is 336 Å². The summed E-state index contributed by atoms with van der Waals surface area (Å²) in [6, 6.07) is 0. The second-order valence-corrected chi connectivity index (χ2v) is 31.6. The van der Waals surface area contributed by atoms with Gasteiger partial charge in [0, 0.05) is 25.7 Å². The number of allylic oxidation sites excluding steroid dienone is 4. The van der Waals surface area contributed by atoms with Gasteiger partial charge in [-0.05, 0) is 63.2 Å². The molecule has 0 aromatic heterocycles. The lowest BCUT2D eigenvalue weighted by Gasteiger charge is -2.21. The molecule has 2 unspecified atom stereocenters. The summed E-state index contributed by atoms with van der Waals surface area (Å²) >= 11 is 0. The monoisotopic (exact) mass is 1430 g/mol. The van der Waals surface area contributed by atoms with Crippen LogP contribution in [0, 0.1) is 11.8 Å². The van der Waals surface area contributed by atoms with E-state index in [-0.39, 0.29) is 25.7 Å². The average molecular weight is 1430 g/mol. The van der Waals surface area contributed by atoms with Crippen molar-refractivity contribution in [3.8, 4) is 0 Å². The number of carbonyl (C=O) groups is 4. The predicted molar refractivity (Wildman–Crippen MR) is 400 cm³/mol. The summed E-state index contributed by atoms with van der Waals surface area (Å²) < 4.78 is 68.6. The van der Waals surface area contributed by atoms with E-state index in [0.717, 1.165) is 121 Å². The Kier molecular flexibility index (Phi) is 68.5. The maximum Gasteiger partial charge on any atom is 0.472 e. The van der Waals surface area contributed by atoms with Crippen molar-refractivity contribution in [1.29, 1.82) is 0 Å². The Morgan fingerprint density at radius 3 is 0.837 bits per heavy atom. The van der Waals surface area contributed by atoms with Gasteiger partial charge in [-0.15, -0.1) is 0 Å². The zero-order valence-electron chi connectivity index (χ0n) is 63.6. The molecule has 98 heavy (non-hydrogen) atoms. The highest BCUT2D eigenvalue weighted by atomic mass is 31.2. The van der Waals surface area contributed by atoms with Crippen LogP contribution in [0.15, 0.2) is 24.3 Å². The van der Waals surface area contributed by atoms with Crippen molar-refractivity contribution in [3.63, 3.8) is 0 Å². The SMILES string of the molecule is CCCCCC/C=C\C=C/CCCCCCCC(=O)OC[C@H](COP(=O)(O)OC[C@@H](O)COP(=O)(O)OC[C@@H](COC(=O)CCCCCCCCCCCCC(C)C)OC(=O)CCCCCCCCCCCCCCCC)OC(=O)CCCCCCCCCCCCCCCC(C)C. The summed E-state index contributed by atoms with van der Waals surface area (Å²) in [5.74, 6) is -0.598. The number of rotatable bonds is 76. The summed E-state index contributed by atoms with van der Waals surface area (Å²) in [6.45, 7) is 9.57. The van der Waals surface area contributed by atoms with E-state index in [1.807, 2.05) is 0 Å². The number of phosphoric acid groups is 2. The van der Waals surface area contributed by atoms with Crippen LogP contribution in [0.3, 0.4) is 0 Å². The number of ether oxygens (including phenoxy) is 4. The Hall–Kier alpha value is -2.46. The maximum atomic E-state index is 13.1. The average Bonchev–Trinajstić information content (AvgIpc) is 1.01. The number of hydrogen-bond donors (Lipinski definition) is 3. The van der Waals surface area contributed by atoms with Gasteiger partial charge in [0.2, 0.25) is 0 Å². The summed E-state index contributed by atoms with van der Waals surface area (Å²) in [5, 5.41) is 10.6. The standard InChI is InChI=1S/C79H150O17P2/c1-7-9-11-13-15-17-19-21-23-27-30-37-43-49-55-61-76(81)89-67-74(95-79(84)64-58-52-46-40-32-28-24-25-29-35-41-47-53-59-71(3)4)69-93-97(85,86)91-65-73(80)66-92-98(87,88)94-70-75(68-90-77(82)62-56-50-44-38-34-33-36-42-48-54-60-72(5)6)96-78(83)63-57-51-45-39-31-26-22-20-18-16-14-12-10-8-2/h17,19,21,23,71-75,80H,7-16,18,20,22,24-70H2,1-6H3,(H,85,86)(H,87,88)/b19-17-,23-21-/t73-,74-,75-/m1/s1. The number of hydrogen-bond acceptors (Lipinski definition) is 15. The van der Waals surface area contributed by atoms with Gasteiger partial charge >= 0.3 is 39.5 Å². The second kappa shape index (κ2) is 70.2. The van der Waals surface area contributed by atoms with Gasteiger partial charge in [0.05, 0.1) is 26.4 Å². The molecule has 0 aliphatic heterocycles. The van der Waals surface area contributed by atoms with Gasteiger partial charge in [-0.25, -0.2) is 9.13 Å². The first-order valence-corrected chi connectivity index (χ1v) is 43.3. The highest BCUT2D eigenvalue weighted by Crippen LogP contribution is 2.45. The Morgan fingerprint density at radius 2 is 0.551 bits per heavy atom. The number of aliphatic hydroxyl groups excluding tert-OH is 1.